The second kappa shape index (κ2) is 3.99. The molecule has 1 aliphatic rings. The van der Waals surface area contributed by atoms with Gasteiger partial charge >= 0.3 is 0 Å². The Kier molecular flexibility index (Phi) is 2.49. The van der Waals surface area contributed by atoms with Crippen LogP contribution in [0.3, 0.4) is 0 Å². The molecule has 0 radical (unpaired) electrons. The lowest BCUT2D eigenvalue weighted by molar-refractivity contribution is 0.301. The van der Waals surface area contributed by atoms with Gasteiger partial charge in [0.05, 0.1) is 12.0 Å². The van der Waals surface area contributed by atoms with E-state index in [1.807, 2.05) is 5.38 Å². The topological polar surface area (TPSA) is 49.2 Å². The van der Waals surface area contributed by atoms with Crippen LogP contribution < -0.4 is 4.90 Å². The number of thiophene rings is 1. The van der Waals surface area contributed by atoms with Crippen LogP contribution in [0.15, 0.2) is 17.8 Å². The van der Waals surface area contributed by atoms with E-state index >= 15 is 0 Å². The van der Waals surface area contributed by atoms with Crippen LogP contribution in [-0.4, -0.2) is 34.3 Å². The average Bonchev–Trinajstić information content (AvgIpc) is 3.02. The summed E-state index contributed by atoms with van der Waals surface area (Å²) in [5.41, 5.74) is 0. The third-order valence-electron chi connectivity index (χ3n) is 2.84. The first-order valence-electron chi connectivity index (χ1n) is 5.46. The number of hydrogen-bond donors (Lipinski definition) is 1. The molecule has 1 N–H and O–H groups in total. The highest BCUT2D eigenvalue weighted by Gasteiger charge is 2.30. The molecule has 1 saturated carbocycles. The summed E-state index contributed by atoms with van der Waals surface area (Å²) in [6.07, 6.45) is 4.02. The van der Waals surface area contributed by atoms with Crippen molar-refractivity contribution in [3.05, 3.63) is 17.8 Å². The van der Waals surface area contributed by atoms with Crippen LogP contribution in [0.25, 0.3) is 10.2 Å². The van der Waals surface area contributed by atoms with E-state index in [-0.39, 0.29) is 6.61 Å². The van der Waals surface area contributed by atoms with Crippen molar-refractivity contribution in [3.63, 3.8) is 0 Å². The van der Waals surface area contributed by atoms with Crippen molar-refractivity contribution in [2.24, 2.45) is 0 Å². The fraction of sp³-hybridized carbons (Fsp3) is 0.455. The molecule has 0 bridgehead atoms. The molecule has 0 aromatic carbocycles. The van der Waals surface area contributed by atoms with Crippen LogP contribution in [0.5, 0.6) is 0 Å². The Morgan fingerprint density at radius 3 is 3.06 bits per heavy atom. The molecular weight excluding hydrogens is 222 g/mol. The summed E-state index contributed by atoms with van der Waals surface area (Å²) < 4.78 is 0. The number of fused-ring (bicyclic) bond motifs is 1. The van der Waals surface area contributed by atoms with Crippen molar-refractivity contribution in [2.75, 3.05) is 18.1 Å². The average molecular weight is 235 g/mol. The van der Waals surface area contributed by atoms with E-state index in [4.69, 9.17) is 5.11 Å². The Morgan fingerprint density at radius 1 is 1.44 bits per heavy atom. The van der Waals surface area contributed by atoms with Crippen LogP contribution in [0.2, 0.25) is 0 Å². The second-order valence-electron chi connectivity index (χ2n) is 3.98. The number of nitrogens with zero attached hydrogens (tertiary/aromatic N) is 3. The Hall–Kier alpha value is -1.20. The van der Waals surface area contributed by atoms with Gasteiger partial charge in [-0.1, -0.05) is 0 Å². The van der Waals surface area contributed by atoms with Crippen molar-refractivity contribution in [3.8, 4) is 0 Å². The highest BCUT2D eigenvalue weighted by Crippen LogP contribution is 2.34. The van der Waals surface area contributed by atoms with Gasteiger partial charge in [0, 0.05) is 12.6 Å². The van der Waals surface area contributed by atoms with Crippen molar-refractivity contribution >= 4 is 27.4 Å². The van der Waals surface area contributed by atoms with Crippen molar-refractivity contribution in [2.45, 2.75) is 18.9 Å². The van der Waals surface area contributed by atoms with Gasteiger partial charge in [-0.25, -0.2) is 9.97 Å². The lowest BCUT2D eigenvalue weighted by Gasteiger charge is -2.22. The van der Waals surface area contributed by atoms with Gasteiger partial charge in [-0.15, -0.1) is 11.3 Å². The van der Waals surface area contributed by atoms with Gasteiger partial charge < -0.3 is 10.0 Å². The summed E-state index contributed by atoms with van der Waals surface area (Å²) in [6.45, 7) is 0.832. The Labute approximate surface area is 97.6 Å². The molecule has 0 amide bonds. The second-order valence-corrected chi connectivity index (χ2v) is 4.88. The van der Waals surface area contributed by atoms with Gasteiger partial charge in [0.15, 0.2) is 0 Å². The summed E-state index contributed by atoms with van der Waals surface area (Å²) in [4.78, 5) is 11.8. The fourth-order valence-electron chi connectivity index (χ4n) is 1.96. The van der Waals surface area contributed by atoms with Gasteiger partial charge in [-0.3, -0.25) is 0 Å². The third kappa shape index (κ3) is 1.66. The minimum Gasteiger partial charge on any atom is -0.395 e. The minimum atomic E-state index is 0.173. The lowest BCUT2D eigenvalue weighted by atomic mass is 10.3. The number of aromatic nitrogens is 2. The Bertz CT molecular complexity index is 495. The zero-order chi connectivity index (χ0) is 11.0. The summed E-state index contributed by atoms with van der Waals surface area (Å²) in [6, 6.07) is 2.62. The van der Waals surface area contributed by atoms with Gasteiger partial charge in [-0.05, 0) is 24.3 Å². The van der Waals surface area contributed by atoms with E-state index in [1.54, 1.807) is 17.7 Å². The van der Waals surface area contributed by atoms with Crippen LogP contribution >= 0.6 is 11.3 Å². The maximum Gasteiger partial charge on any atom is 0.141 e. The molecule has 3 rings (SSSR count). The molecular formula is C11H13N3OS. The molecule has 0 spiro atoms. The van der Waals surface area contributed by atoms with E-state index in [2.05, 4.69) is 20.9 Å². The number of aliphatic hydroxyl groups is 1. The van der Waals surface area contributed by atoms with Gasteiger partial charge in [0.25, 0.3) is 0 Å². The predicted molar refractivity (Wildman–Crippen MR) is 64.9 cm³/mol. The van der Waals surface area contributed by atoms with Crippen LogP contribution in [-0.2, 0) is 0 Å². The summed E-state index contributed by atoms with van der Waals surface area (Å²) in [5, 5.41) is 12.3. The SMILES string of the molecule is OCCN(c1ncnc2sccc12)C1CC1. The number of anilines is 1. The summed E-state index contributed by atoms with van der Waals surface area (Å²) in [7, 11) is 0. The quantitative estimate of drug-likeness (QED) is 0.875. The van der Waals surface area contributed by atoms with Crippen LogP contribution in [0, 0.1) is 0 Å². The predicted octanol–water partition coefficient (Wildman–Crippen LogP) is 1.65. The highest BCUT2D eigenvalue weighted by molar-refractivity contribution is 7.16. The fourth-order valence-corrected chi connectivity index (χ4v) is 2.69. The monoisotopic (exact) mass is 235 g/mol. The van der Waals surface area contributed by atoms with Gasteiger partial charge in [0.2, 0.25) is 0 Å². The van der Waals surface area contributed by atoms with E-state index in [0.717, 1.165) is 16.0 Å². The maximum absolute atomic E-state index is 9.11. The molecule has 1 aliphatic carbocycles. The minimum absolute atomic E-state index is 0.173. The Morgan fingerprint density at radius 2 is 2.31 bits per heavy atom. The van der Waals surface area contributed by atoms with Gasteiger partial charge in [0.1, 0.15) is 17.0 Å². The van der Waals surface area contributed by atoms with E-state index in [9.17, 15) is 0 Å². The molecule has 2 aromatic rings. The molecule has 2 heterocycles. The number of aliphatic hydroxyl groups excluding tert-OH is 1. The molecule has 0 atom stereocenters. The molecule has 1 fully saturated rings. The Balaban J connectivity index is 2.04. The van der Waals surface area contributed by atoms with Crippen molar-refractivity contribution < 1.29 is 5.11 Å². The van der Waals surface area contributed by atoms with Crippen LogP contribution in [0.1, 0.15) is 12.8 Å². The van der Waals surface area contributed by atoms with E-state index < -0.39 is 0 Å². The zero-order valence-corrected chi connectivity index (χ0v) is 9.65. The van der Waals surface area contributed by atoms with Crippen molar-refractivity contribution in [1.82, 2.24) is 9.97 Å². The molecule has 5 heteroatoms. The smallest absolute Gasteiger partial charge is 0.141 e. The molecule has 16 heavy (non-hydrogen) atoms. The molecule has 0 aliphatic heterocycles. The molecule has 84 valence electrons. The highest BCUT2D eigenvalue weighted by atomic mass is 32.1. The largest absolute Gasteiger partial charge is 0.395 e. The summed E-state index contributed by atoms with van der Waals surface area (Å²) in [5.74, 6) is 0.975. The summed E-state index contributed by atoms with van der Waals surface area (Å²) >= 11 is 1.63. The normalized spacial score (nSPS) is 15.6. The lowest BCUT2D eigenvalue weighted by Crippen LogP contribution is -2.29. The standard InChI is InChI=1S/C11H13N3OS/c15-5-4-14(8-1-2-8)10-9-3-6-16-11(9)13-7-12-10/h3,6-8,15H,1-2,4-5H2. The first-order chi connectivity index (χ1) is 7.90. The molecule has 4 nitrogen and oxygen atoms in total. The van der Waals surface area contributed by atoms with E-state index in [0.29, 0.717) is 12.6 Å². The zero-order valence-electron chi connectivity index (χ0n) is 8.83. The number of rotatable bonds is 4. The first kappa shape index (κ1) is 9.99. The maximum atomic E-state index is 9.11. The van der Waals surface area contributed by atoms with E-state index in [1.165, 1.54) is 12.8 Å². The van der Waals surface area contributed by atoms with Gasteiger partial charge in [-0.2, -0.15) is 0 Å². The molecule has 2 aromatic heterocycles. The van der Waals surface area contributed by atoms with Crippen molar-refractivity contribution in [1.29, 1.82) is 0 Å². The molecule has 0 saturated heterocycles. The first-order valence-corrected chi connectivity index (χ1v) is 6.34. The number of hydrogen-bond acceptors (Lipinski definition) is 5. The van der Waals surface area contributed by atoms with Crippen LogP contribution in [0.4, 0.5) is 5.82 Å². The molecule has 0 unspecified atom stereocenters. The third-order valence-corrected chi connectivity index (χ3v) is 3.66.